The minimum absolute atomic E-state index is 0.0555. The van der Waals surface area contributed by atoms with E-state index in [9.17, 15) is 0 Å². The zero-order valence-corrected chi connectivity index (χ0v) is 9.98. The van der Waals surface area contributed by atoms with Gasteiger partial charge in [0.25, 0.3) is 0 Å². The molecule has 0 radical (unpaired) electrons. The van der Waals surface area contributed by atoms with Crippen molar-refractivity contribution in [2.75, 3.05) is 31.1 Å². The lowest BCUT2D eigenvalue weighted by Gasteiger charge is -2.29. The number of hydroxylamine groups is 1. The van der Waals surface area contributed by atoms with Crippen LogP contribution in [0, 0.1) is 0 Å². The van der Waals surface area contributed by atoms with Gasteiger partial charge in [0.1, 0.15) is 5.58 Å². The van der Waals surface area contributed by atoms with Crippen LogP contribution < -0.4 is 15.7 Å². The van der Waals surface area contributed by atoms with Crippen LogP contribution >= 0.6 is 0 Å². The van der Waals surface area contributed by atoms with Crippen LogP contribution in [-0.2, 0) is 4.84 Å². The molecule has 94 valence electrons. The van der Waals surface area contributed by atoms with E-state index in [-0.39, 0.29) is 6.23 Å². The van der Waals surface area contributed by atoms with Gasteiger partial charge < -0.3 is 14.6 Å². The Balaban J connectivity index is 1.69. The van der Waals surface area contributed by atoms with Crippen LogP contribution in [0.1, 0.15) is 12.0 Å². The standard InChI is InChI=1S/C13H15N3O2/c1-2-11-9(8-12(17-11)13-15-18-13)7-10(1)16-5-3-14-4-6-16/h1-2,7-8,13-15H,3-6H2. The molecule has 2 aliphatic heterocycles. The summed E-state index contributed by atoms with van der Waals surface area (Å²) in [6.45, 7) is 4.22. The summed E-state index contributed by atoms with van der Waals surface area (Å²) in [5.74, 6) is 0.850. The molecular formula is C13H15N3O2. The van der Waals surface area contributed by atoms with E-state index >= 15 is 0 Å². The van der Waals surface area contributed by atoms with Crippen molar-refractivity contribution in [3.05, 3.63) is 30.0 Å². The van der Waals surface area contributed by atoms with E-state index < -0.39 is 0 Å². The summed E-state index contributed by atoms with van der Waals surface area (Å²) in [4.78, 5) is 7.41. The van der Waals surface area contributed by atoms with Crippen molar-refractivity contribution < 1.29 is 9.25 Å². The minimum Gasteiger partial charge on any atom is -0.457 e. The molecule has 1 aromatic heterocycles. The van der Waals surface area contributed by atoms with Crippen molar-refractivity contribution in [1.82, 2.24) is 10.8 Å². The molecule has 0 aliphatic carbocycles. The number of furan rings is 1. The molecule has 0 amide bonds. The van der Waals surface area contributed by atoms with E-state index in [2.05, 4.69) is 27.8 Å². The molecule has 2 saturated heterocycles. The third kappa shape index (κ3) is 1.77. The van der Waals surface area contributed by atoms with Gasteiger partial charge >= 0.3 is 0 Å². The van der Waals surface area contributed by atoms with Crippen molar-refractivity contribution in [3.8, 4) is 0 Å². The molecule has 4 rings (SSSR count). The first-order valence-corrected chi connectivity index (χ1v) is 6.30. The first-order valence-electron chi connectivity index (χ1n) is 6.30. The van der Waals surface area contributed by atoms with Gasteiger partial charge in [-0.05, 0) is 24.3 Å². The summed E-state index contributed by atoms with van der Waals surface area (Å²) in [7, 11) is 0. The largest absolute Gasteiger partial charge is 0.457 e. The fraction of sp³-hybridized carbons (Fsp3) is 0.385. The number of fused-ring (bicyclic) bond motifs is 1. The summed E-state index contributed by atoms with van der Waals surface area (Å²) in [6.07, 6.45) is -0.0555. The van der Waals surface area contributed by atoms with Gasteiger partial charge in [0.2, 0.25) is 6.23 Å². The molecular weight excluding hydrogens is 230 g/mol. The first kappa shape index (κ1) is 10.4. The molecule has 0 bridgehead atoms. The zero-order chi connectivity index (χ0) is 11.9. The van der Waals surface area contributed by atoms with E-state index in [1.54, 1.807) is 0 Å². The molecule has 5 nitrogen and oxygen atoms in total. The summed E-state index contributed by atoms with van der Waals surface area (Å²) < 4.78 is 5.72. The third-order valence-electron chi connectivity index (χ3n) is 3.50. The van der Waals surface area contributed by atoms with Gasteiger partial charge in [0.05, 0.1) is 0 Å². The Hall–Kier alpha value is -1.56. The van der Waals surface area contributed by atoms with Crippen LogP contribution in [0.3, 0.4) is 0 Å². The van der Waals surface area contributed by atoms with Crippen molar-refractivity contribution in [2.24, 2.45) is 0 Å². The highest BCUT2D eigenvalue weighted by Crippen LogP contribution is 2.31. The Labute approximate surface area is 105 Å². The highest BCUT2D eigenvalue weighted by Gasteiger charge is 2.28. The van der Waals surface area contributed by atoms with E-state index in [4.69, 9.17) is 9.25 Å². The minimum atomic E-state index is -0.0555. The maximum absolute atomic E-state index is 5.72. The molecule has 5 heteroatoms. The highest BCUT2D eigenvalue weighted by atomic mass is 16.8. The monoisotopic (exact) mass is 245 g/mol. The predicted octanol–water partition coefficient (Wildman–Crippen LogP) is 1.38. The Morgan fingerprint density at radius 1 is 1.17 bits per heavy atom. The normalized spacial score (nSPS) is 23.6. The number of benzene rings is 1. The maximum atomic E-state index is 5.72. The van der Waals surface area contributed by atoms with Crippen molar-refractivity contribution >= 4 is 16.7 Å². The van der Waals surface area contributed by atoms with Crippen LogP contribution in [-0.4, -0.2) is 26.2 Å². The fourth-order valence-corrected chi connectivity index (χ4v) is 2.45. The first-order chi connectivity index (χ1) is 8.90. The second-order valence-corrected chi connectivity index (χ2v) is 4.72. The van der Waals surface area contributed by atoms with Crippen molar-refractivity contribution in [1.29, 1.82) is 0 Å². The van der Waals surface area contributed by atoms with Crippen LogP contribution in [0.2, 0.25) is 0 Å². The van der Waals surface area contributed by atoms with E-state index in [0.29, 0.717) is 0 Å². The van der Waals surface area contributed by atoms with E-state index in [0.717, 1.165) is 42.9 Å². The molecule has 0 spiro atoms. The average molecular weight is 245 g/mol. The van der Waals surface area contributed by atoms with Crippen LogP contribution in [0.4, 0.5) is 5.69 Å². The molecule has 2 aromatic rings. The van der Waals surface area contributed by atoms with Crippen LogP contribution in [0.25, 0.3) is 11.0 Å². The maximum Gasteiger partial charge on any atom is 0.209 e. The summed E-state index contributed by atoms with van der Waals surface area (Å²) in [5, 5.41) is 4.50. The lowest BCUT2D eigenvalue weighted by Crippen LogP contribution is -2.43. The Morgan fingerprint density at radius 3 is 2.78 bits per heavy atom. The molecule has 3 heterocycles. The summed E-state index contributed by atoms with van der Waals surface area (Å²) in [6, 6.07) is 8.41. The third-order valence-corrected chi connectivity index (χ3v) is 3.50. The average Bonchev–Trinajstić information content (AvgIpc) is 3.19. The lowest BCUT2D eigenvalue weighted by molar-refractivity contribution is 0.352. The Kier molecular flexibility index (Phi) is 2.29. The van der Waals surface area contributed by atoms with Crippen molar-refractivity contribution in [2.45, 2.75) is 6.23 Å². The highest BCUT2D eigenvalue weighted by molar-refractivity contribution is 5.82. The lowest BCUT2D eigenvalue weighted by atomic mass is 10.2. The van der Waals surface area contributed by atoms with Gasteiger partial charge in [0, 0.05) is 37.3 Å². The van der Waals surface area contributed by atoms with Crippen LogP contribution in [0.5, 0.6) is 0 Å². The SMILES string of the molecule is c1cc2oc(C3NO3)cc2cc1N1CCNCC1. The van der Waals surface area contributed by atoms with Gasteiger partial charge in [-0.15, -0.1) is 0 Å². The van der Waals surface area contributed by atoms with E-state index in [1.165, 1.54) is 5.69 Å². The number of anilines is 1. The molecule has 18 heavy (non-hydrogen) atoms. The van der Waals surface area contributed by atoms with Gasteiger partial charge in [-0.2, -0.15) is 5.48 Å². The smallest absolute Gasteiger partial charge is 0.209 e. The number of hydrogen-bond acceptors (Lipinski definition) is 5. The molecule has 1 aromatic carbocycles. The molecule has 1 unspecified atom stereocenters. The van der Waals surface area contributed by atoms with Gasteiger partial charge in [-0.25, -0.2) is 0 Å². The van der Waals surface area contributed by atoms with Crippen molar-refractivity contribution in [3.63, 3.8) is 0 Å². The number of nitrogens with zero attached hydrogens (tertiary/aromatic N) is 1. The van der Waals surface area contributed by atoms with Gasteiger partial charge in [0.15, 0.2) is 5.76 Å². The second-order valence-electron chi connectivity index (χ2n) is 4.72. The molecule has 1 atom stereocenters. The van der Waals surface area contributed by atoms with Gasteiger partial charge in [-0.1, -0.05) is 0 Å². The number of rotatable bonds is 2. The predicted molar refractivity (Wildman–Crippen MR) is 68.3 cm³/mol. The molecule has 2 aliphatic rings. The number of nitrogens with one attached hydrogen (secondary N) is 2. The number of piperazine rings is 1. The molecule has 2 fully saturated rings. The summed E-state index contributed by atoms with van der Waals surface area (Å²) in [5.41, 5.74) is 4.96. The van der Waals surface area contributed by atoms with Gasteiger partial charge in [-0.3, -0.25) is 4.84 Å². The summed E-state index contributed by atoms with van der Waals surface area (Å²) >= 11 is 0. The second kappa shape index (κ2) is 3.98. The number of hydrogen-bond donors (Lipinski definition) is 2. The van der Waals surface area contributed by atoms with Crippen LogP contribution in [0.15, 0.2) is 28.7 Å². The molecule has 0 saturated carbocycles. The Morgan fingerprint density at radius 2 is 2.00 bits per heavy atom. The van der Waals surface area contributed by atoms with E-state index in [1.807, 2.05) is 12.1 Å². The molecule has 2 N–H and O–H groups in total. The topological polar surface area (TPSA) is 62.9 Å². The fourth-order valence-electron chi connectivity index (χ4n) is 2.45. The Bertz CT molecular complexity index is 571. The zero-order valence-electron chi connectivity index (χ0n) is 9.98. The quantitative estimate of drug-likeness (QED) is 0.782.